The lowest BCUT2D eigenvalue weighted by Crippen LogP contribution is -2.31. The van der Waals surface area contributed by atoms with E-state index in [9.17, 15) is 9.59 Å². The van der Waals surface area contributed by atoms with Crippen molar-refractivity contribution in [2.24, 2.45) is 0 Å². The summed E-state index contributed by atoms with van der Waals surface area (Å²) in [5, 5.41) is -0.0922. The van der Waals surface area contributed by atoms with Gasteiger partial charge in [-0.25, -0.2) is 4.90 Å². The van der Waals surface area contributed by atoms with E-state index >= 15 is 0 Å². The number of halogens is 1. The number of anilines is 1. The molecule has 0 aromatic heterocycles. The largest absolute Gasteiger partial charge is 0.496 e. The van der Waals surface area contributed by atoms with E-state index < -0.39 is 11.8 Å². The molecular formula is C19H16ClNO3. The number of imide groups is 1. The Bertz CT molecular complexity index is 886. The fraction of sp³-hybridized carbons (Fsp3) is 0.158. The average Bonchev–Trinajstić information content (AvgIpc) is 2.80. The molecule has 1 aliphatic rings. The van der Waals surface area contributed by atoms with Crippen LogP contribution in [0.2, 0.25) is 0 Å². The highest BCUT2D eigenvalue weighted by Gasteiger charge is 2.40. The summed E-state index contributed by atoms with van der Waals surface area (Å²) in [6.45, 7) is 3.81. The quantitative estimate of drug-likeness (QED) is 0.797. The molecule has 0 radical (unpaired) electrons. The fourth-order valence-electron chi connectivity index (χ4n) is 2.78. The van der Waals surface area contributed by atoms with Crippen LogP contribution in [0.5, 0.6) is 5.75 Å². The smallest absolute Gasteiger partial charge is 0.277 e. The second kappa shape index (κ2) is 6.13. The van der Waals surface area contributed by atoms with Gasteiger partial charge in [-0.1, -0.05) is 41.9 Å². The molecule has 1 heterocycles. The Morgan fingerprint density at radius 3 is 2.38 bits per heavy atom. The Kier molecular flexibility index (Phi) is 4.16. The van der Waals surface area contributed by atoms with Gasteiger partial charge in [0.1, 0.15) is 10.8 Å². The summed E-state index contributed by atoms with van der Waals surface area (Å²) >= 11 is 6.24. The van der Waals surface area contributed by atoms with Crippen LogP contribution in [0.25, 0.3) is 5.57 Å². The Morgan fingerprint density at radius 2 is 1.67 bits per heavy atom. The second-order valence-electron chi connectivity index (χ2n) is 5.55. The molecule has 3 rings (SSSR count). The van der Waals surface area contributed by atoms with E-state index in [4.69, 9.17) is 16.3 Å². The normalized spacial score (nSPS) is 14.6. The van der Waals surface area contributed by atoms with Crippen LogP contribution < -0.4 is 9.64 Å². The molecule has 2 aromatic carbocycles. The standard InChI is InChI=1S/C19H16ClNO3/c1-11-7-6-9-14(12(11)2)21-18(22)16(17(20)19(21)23)13-8-4-5-10-15(13)24-3/h4-10H,1-3H3. The van der Waals surface area contributed by atoms with Crippen molar-refractivity contribution in [3.05, 3.63) is 64.2 Å². The molecule has 0 N–H and O–H groups in total. The number of rotatable bonds is 3. The summed E-state index contributed by atoms with van der Waals surface area (Å²) < 4.78 is 5.30. The van der Waals surface area contributed by atoms with Crippen molar-refractivity contribution < 1.29 is 14.3 Å². The molecule has 122 valence electrons. The van der Waals surface area contributed by atoms with Crippen LogP contribution in [0.3, 0.4) is 0 Å². The van der Waals surface area contributed by atoms with E-state index in [1.54, 1.807) is 30.3 Å². The summed E-state index contributed by atoms with van der Waals surface area (Å²) in [5.41, 5.74) is 3.09. The number of methoxy groups -OCH3 is 1. The van der Waals surface area contributed by atoms with E-state index in [0.29, 0.717) is 17.0 Å². The Morgan fingerprint density at radius 1 is 0.958 bits per heavy atom. The van der Waals surface area contributed by atoms with Crippen molar-refractivity contribution in [2.75, 3.05) is 12.0 Å². The zero-order valence-electron chi connectivity index (χ0n) is 13.6. The van der Waals surface area contributed by atoms with E-state index in [-0.39, 0.29) is 10.6 Å². The van der Waals surface area contributed by atoms with Gasteiger partial charge in [0.05, 0.1) is 18.4 Å². The molecule has 0 fully saturated rings. The third-order valence-corrected chi connectivity index (χ3v) is 4.57. The van der Waals surface area contributed by atoms with E-state index in [0.717, 1.165) is 16.0 Å². The first-order valence-electron chi connectivity index (χ1n) is 7.45. The second-order valence-corrected chi connectivity index (χ2v) is 5.93. The van der Waals surface area contributed by atoms with Crippen molar-refractivity contribution >= 4 is 34.7 Å². The molecule has 0 saturated heterocycles. The van der Waals surface area contributed by atoms with E-state index in [1.165, 1.54) is 7.11 Å². The summed E-state index contributed by atoms with van der Waals surface area (Å²) in [5.74, 6) is -0.464. The van der Waals surface area contributed by atoms with Crippen molar-refractivity contribution in [3.63, 3.8) is 0 Å². The maximum Gasteiger partial charge on any atom is 0.277 e. The molecule has 0 spiro atoms. The molecular weight excluding hydrogens is 326 g/mol. The maximum atomic E-state index is 13.0. The lowest BCUT2D eigenvalue weighted by atomic mass is 10.0. The van der Waals surface area contributed by atoms with Gasteiger partial charge in [0, 0.05) is 5.56 Å². The monoisotopic (exact) mass is 341 g/mol. The van der Waals surface area contributed by atoms with Crippen molar-refractivity contribution in [1.82, 2.24) is 0 Å². The number of hydrogen-bond donors (Lipinski definition) is 0. The minimum Gasteiger partial charge on any atom is -0.496 e. The van der Waals surface area contributed by atoms with Gasteiger partial charge in [-0.2, -0.15) is 0 Å². The van der Waals surface area contributed by atoms with Gasteiger partial charge < -0.3 is 4.74 Å². The lowest BCUT2D eigenvalue weighted by Gasteiger charge is -2.18. The molecule has 5 heteroatoms. The van der Waals surface area contributed by atoms with Crippen LogP contribution in [0.15, 0.2) is 47.5 Å². The minimum atomic E-state index is -0.517. The first kappa shape index (κ1) is 16.3. The van der Waals surface area contributed by atoms with Gasteiger partial charge in [0.2, 0.25) is 0 Å². The third-order valence-electron chi connectivity index (χ3n) is 4.22. The van der Waals surface area contributed by atoms with Crippen molar-refractivity contribution in [2.45, 2.75) is 13.8 Å². The Labute approximate surface area is 145 Å². The predicted octanol–water partition coefficient (Wildman–Crippen LogP) is 3.84. The number of carbonyl (C=O) groups is 2. The van der Waals surface area contributed by atoms with Crippen LogP contribution in [0.1, 0.15) is 16.7 Å². The molecule has 2 amide bonds. The van der Waals surface area contributed by atoms with Crippen LogP contribution >= 0.6 is 11.6 Å². The topological polar surface area (TPSA) is 46.6 Å². The molecule has 4 nitrogen and oxygen atoms in total. The maximum absolute atomic E-state index is 13.0. The summed E-state index contributed by atoms with van der Waals surface area (Å²) in [6.07, 6.45) is 0. The van der Waals surface area contributed by atoms with Gasteiger partial charge in [0.15, 0.2) is 0 Å². The van der Waals surface area contributed by atoms with Gasteiger partial charge in [0.25, 0.3) is 11.8 Å². The number of hydrogen-bond acceptors (Lipinski definition) is 3. The van der Waals surface area contributed by atoms with Gasteiger partial charge >= 0.3 is 0 Å². The zero-order valence-corrected chi connectivity index (χ0v) is 14.3. The minimum absolute atomic E-state index is 0.0922. The van der Waals surface area contributed by atoms with Crippen LogP contribution in [-0.2, 0) is 9.59 Å². The number of carbonyl (C=O) groups excluding carboxylic acids is 2. The van der Waals surface area contributed by atoms with Crippen molar-refractivity contribution in [1.29, 1.82) is 0 Å². The Hall–Kier alpha value is -2.59. The van der Waals surface area contributed by atoms with Crippen LogP contribution in [0, 0.1) is 13.8 Å². The van der Waals surface area contributed by atoms with E-state index in [2.05, 4.69) is 0 Å². The highest BCUT2D eigenvalue weighted by Crippen LogP contribution is 2.39. The summed E-state index contributed by atoms with van der Waals surface area (Å²) in [6, 6.07) is 12.5. The fourth-order valence-corrected chi connectivity index (χ4v) is 3.05. The first-order valence-corrected chi connectivity index (χ1v) is 7.83. The molecule has 2 aromatic rings. The highest BCUT2D eigenvalue weighted by atomic mass is 35.5. The van der Waals surface area contributed by atoms with Gasteiger partial charge in [-0.05, 0) is 37.1 Å². The number of amides is 2. The molecule has 0 saturated carbocycles. The number of nitrogens with zero attached hydrogens (tertiary/aromatic N) is 1. The summed E-state index contributed by atoms with van der Waals surface area (Å²) in [7, 11) is 1.51. The Balaban J connectivity index is 2.13. The number of benzene rings is 2. The third kappa shape index (κ3) is 2.39. The lowest BCUT2D eigenvalue weighted by molar-refractivity contribution is -0.119. The number of para-hydroxylation sites is 1. The number of aryl methyl sites for hydroxylation is 1. The summed E-state index contributed by atoms with van der Waals surface area (Å²) in [4.78, 5) is 26.7. The van der Waals surface area contributed by atoms with Gasteiger partial charge in [-0.15, -0.1) is 0 Å². The van der Waals surface area contributed by atoms with Crippen LogP contribution in [0.4, 0.5) is 5.69 Å². The molecule has 24 heavy (non-hydrogen) atoms. The average molecular weight is 342 g/mol. The van der Waals surface area contributed by atoms with Crippen LogP contribution in [-0.4, -0.2) is 18.9 Å². The SMILES string of the molecule is COc1ccccc1C1=C(Cl)C(=O)N(c2cccc(C)c2C)C1=O. The number of ether oxygens (including phenoxy) is 1. The molecule has 0 aliphatic carbocycles. The molecule has 0 atom stereocenters. The first-order chi connectivity index (χ1) is 11.5. The van der Waals surface area contributed by atoms with Gasteiger partial charge in [-0.3, -0.25) is 9.59 Å². The molecule has 0 bridgehead atoms. The van der Waals surface area contributed by atoms with E-state index in [1.807, 2.05) is 26.0 Å². The predicted molar refractivity (Wildman–Crippen MR) is 94.2 cm³/mol. The zero-order chi connectivity index (χ0) is 17.4. The molecule has 0 unspecified atom stereocenters. The highest BCUT2D eigenvalue weighted by molar-refractivity contribution is 6.60. The molecule has 1 aliphatic heterocycles. The van der Waals surface area contributed by atoms with Crippen molar-refractivity contribution in [3.8, 4) is 5.75 Å².